The highest BCUT2D eigenvalue weighted by Gasteiger charge is 2.36. The van der Waals surface area contributed by atoms with Gasteiger partial charge in [-0.3, -0.25) is 4.79 Å². The number of aliphatic carboxylic acids is 1. The molecule has 1 heterocycles. The monoisotopic (exact) mass is 272 g/mol. The van der Waals surface area contributed by atoms with E-state index in [0.717, 1.165) is 6.54 Å². The van der Waals surface area contributed by atoms with Crippen molar-refractivity contribution >= 4 is 11.9 Å². The fraction of sp³-hybridized carbons (Fsp3) is 0.846. The molecule has 0 bridgehead atoms. The van der Waals surface area contributed by atoms with Gasteiger partial charge in [0.15, 0.2) is 0 Å². The number of hydrogen-bond donors (Lipinski definition) is 3. The average Bonchev–Trinajstić information content (AvgIpc) is 2.83. The van der Waals surface area contributed by atoms with Crippen molar-refractivity contribution in [3.8, 4) is 0 Å². The average molecular weight is 272 g/mol. The molecular weight excluding hydrogens is 248 g/mol. The van der Waals surface area contributed by atoms with E-state index in [9.17, 15) is 14.7 Å². The van der Waals surface area contributed by atoms with E-state index in [1.165, 1.54) is 0 Å². The van der Waals surface area contributed by atoms with Crippen LogP contribution in [0.5, 0.6) is 0 Å². The van der Waals surface area contributed by atoms with Gasteiger partial charge < -0.3 is 20.5 Å². The molecule has 1 fully saturated rings. The van der Waals surface area contributed by atoms with Crippen LogP contribution in [0.4, 0.5) is 0 Å². The number of likely N-dealkylation sites (N-methyl/N-ethyl adjacent to an activating group) is 1. The van der Waals surface area contributed by atoms with Gasteiger partial charge in [0.05, 0.1) is 19.1 Å². The minimum Gasteiger partial charge on any atom is -0.480 e. The fourth-order valence-corrected chi connectivity index (χ4v) is 2.22. The third-order valence-electron chi connectivity index (χ3n) is 3.66. The molecule has 110 valence electrons. The number of carbonyl (C=O) groups excluding carboxylic acids is 1. The van der Waals surface area contributed by atoms with Crippen LogP contribution in [-0.4, -0.2) is 48.8 Å². The van der Waals surface area contributed by atoms with E-state index in [2.05, 4.69) is 10.6 Å². The molecule has 1 aliphatic rings. The van der Waals surface area contributed by atoms with Crippen LogP contribution >= 0.6 is 0 Å². The first-order chi connectivity index (χ1) is 9.01. The second-order valence-electron chi connectivity index (χ2n) is 5.02. The lowest BCUT2D eigenvalue weighted by atomic mass is 9.97. The Morgan fingerprint density at radius 2 is 2.05 bits per heavy atom. The van der Waals surface area contributed by atoms with Crippen molar-refractivity contribution in [3.63, 3.8) is 0 Å². The lowest BCUT2D eigenvalue weighted by molar-refractivity contribution is -0.144. The second kappa shape index (κ2) is 7.45. The van der Waals surface area contributed by atoms with Crippen LogP contribution in [0.2, 0.25) is 0 Å². The molecule has 4 atom stereocenters. The van der Waals surface area contributed by atoms with Crippen LogP contribution in [0, 0.1) is 11.8 Å². The van der Waals surface area contributed by atoms with E-state index in [4.69, 9.17) is 4.74 Å². The fourth-order valence-electron chi connectivity index (χ4n) is 2.22. The van der Waals surface area contributed by atoms with Crippen molar-refractivity contribution in [2.45, 2.75) is 39.3 Å². The molecule has 1 amide bonds. The normalized spacial score (nSPS) is 25.8. The number of nitrogens with one attached hydrogen (secondary N) is 2. The Kier molecular flexibility index (Phi) is 6.24. The van der Waals surface area contributed by atoms with Crippen LogP contribution in [0.1, 0.15) is 27.2 Å². The van der Waals surface area contributed by atoms with Gasteiger partial charge in [0, 0.05) is 6.04 Å². The summed E-state index contributed by atoms with van der Waals surface area (Å²) in [4.78, 5) is 23.4. The van der Waals surface area contributed by atoms with Crippen LogP contribution in [0.15, 0.2) is 0 Å². The molecule has 6 heteroatoms. The molecule has 1 aliphatic heterocycles. The van der Waals surface area contributed by atoms with Gasteiger partial charge in [0.2, 0.25) is 5.91 Å². The van der Waals surface area contributed by atoms with Gasteiger partial charge >= 0.3 is 5.97 Å². The van der Waals surface area contributed by atoms with Gasteiger partial charge in [-0.25, -0.2) is 4.79 Å². The summed E-state index contributed by atoms with van der Waals surface area (Å²) < 4.78 is 5.30. The SMILES string of the molecule is CCNC1COCC1C(=O)NC(C(=O)O)C(C)CC. The minimum atomic E-state index is -0.985. The molecule has 3 N–H and O–H groups in total. The zero-order valence-electron chi connectivity index (χ0n) is 11.8. The molecule has 1 rings (SSSR count). The highest BCUT2D eigenvalue weighted by Crippen LogP contribution is 2.16. The number of carboxylic acids is 1. The summed E-state index contributed by atoms with van der Waals surface area (Å²) in [5.41, 5.74) is 0. The number of carbonyl (C=O) groups is 2. The van der Waals surface area contributed by atoms with Gasteiger partial charge in [-0.2, -0.15) is 0 Å². The number of ether oxygens (including phenoxy) is 1. The summed E-state index contributed by atoms with van der Waals surface area (Å²) in [6.07, 6.45) is 0.703. The Hall–Kier alpha value is -1.14. The summed E-state index contributed by atoms with van der Waals surface area (Å²) in [6, 6.07) is -0.864. The zero-order chi connectivity index (χ0) is 14.4. The summed E-state index contributed by atoms with van der Waals surface area (Å²) in [5.74, 6) is -1.63. The maximum Gasteiger partial charge on any atom is 0.326 e. The molecule has 0 spiro atoms. The standard InChI is InChI=1S/C13H24N2O4/c1-4-8(3)11(13(17)18)15-12(16)9-6-19-7-10(9)14-5-2/h8-11,14H,4-7H2,1-3H3,(H,15,16)(H,17,18). The quantitative estimate of drug-likeness (QED) is 0.617. The number of hydrogen-bond acceptors (Lipinski definition) is 4. The second-order valence-corrected chi connectivity index (χ2v) is 5.02. The molecule has 0 radical (unpaired) electrons. The lowest BCUT2D eigenvalue weighted by Crippen LogP contribution is -2.51. The van der Waals surface area contributed by atoms with Crippen LogP contribution in [0.25, 0.3) is 0 Å². The van der Waals surface area contributed by atoms with Crippen LogP contribution in [0.3, 0.4) is 0 Å². The molecule has 0 aromatic carbocycles. The van der Waals surface area contributed by atoms with Gasteiger partial charge in [-0.05, 0) is 12.5 Å². The van der Waals surface area contributed by atoms with Crippen molar-refractivity contribution in [3.05, 3.63) is 0 Å². The van der Waals surface area contributed by atoms with E-state index in [-0.39, 0.29) is 23.8 Å². The van der Waals surface area contributed by atoms with Gasteiger partial charge in [0.25, 0.3) is 0 Å². The van der Waals surface area contributed by atoms with Crippen molar-refractivity contribution in [2.75, 3.05) is 19.8 Å². The largest absolute Gasteiger partial charge is 0.480 e. The van der Waals surface area contributed by atoms with E-state index in [1.807, 2.05) is 20.8 Å². The predicted molar refractivity (Wildman–Crippen MR) is 70.8 cm³/mol. The topological polar surface area (TPSA) is 87.7 Å². The Bertz CT molecular complexity index is 322. The lowest BCUT2D eigenvalue weighted by Gasteiger charge is -2.24. The van der Waals surface area contributed by atoms with Gasteiger partial charge in [-0.15, -0.1) is 0 Å². The predicted octanol–water partition coefficient (Wildman–Crippen LogP) is 0.226. The molecule has 0 aromatic heterocycles. The smallest absolute Gasteiger partial charge is 0.326 e. The van der Waals surface area contributed by atoms with Crippen molar-refractivity contribution in [1.29, 1.82) is 0 Å². The van der Waals surface area contributed by atoms with Crippen LogP contribution < -0.4 is 10.6 Å². The summed E-state index contributed by atoms with van der Waals surface area (Å²) >= 11 is 0. The highest BCUT2D eigenvalue weighted by molar-refractivity contribution is 5.85. The summed E-state index contributed by atoms with van der Waals surface area (Å²) in [6.45, 7) is 7.29. The number of rotatable bonds is 7. The van der Waals surface area contributed by atoms with Gasteiger partial charge in [-0.1, -0.05) is 27.2 Å². The van der Waals surface area contributed by atoms with Crippen molar-refractivity contribution in [2.24, 2.45) is 11.8 Å². The Balaban J connectivity index is 2.63. The molecule has 6 nitrogen and oxygen atoms in total. The Morgan fingerprint density at radius 1 is 1.37 bits per heavy atom. The Morgan fingerprint density at radius 3 is 2.58 bits per heavy atom. The maximum absolute atomic E-state index is 12.2. The summed E-state index contributed by atoms with van der Waals surface area (Å²) in [5, 5.41) is 15.0. The van der Waals surface area contributed by atoms with Crippen molar-refractivity contribution < 1.29 is 19.4 Å². The Labute approximate surface area is 113 Å². The third kappa shape index (κ3) is 4.18. The molecule has 19 heavy (non-hydrogen) atoms. The first-order valence-corrected chi connectivity index (χ1v) is 6.85. The minimum absolute atomic E-state index is 0.0311. The highest BCUT2D eigenvalue weighted by atomic mass is 16.5. The van der Waals surface area contributed by atoms with E-state index < -0.39 is 12.0 Å². The molecule has 0 saturated carbocycles. The van der Waals surface area contributed by atoms with E-state index in [0.29, 0.717) is 19.6 Å². The van der Waals surface area contributed by atoms with E-state index >= 15 is 0 Å². The number of amides is 1. The maximum atomic E-state index is 12.2. The first kappa shape index (κ1) is 15.9. The molecular formula is C13H24N2O4. The molecule has 0 aliphatic carbocycles. The third-order valence-corrected chi connectivity index (χ3v) is 3.66. The first-order valence-electron chi connectivity index (χ1n) is 6.85. The zero-order valence-corrected chi connectivity index (χ0v) is 11.8. The van der Waals surface area contributed by atoms with E-state index in [1.54, 1.807) is 0 Å². The van der Waals surface area contributed by atoms with Crippen LogP contribution in [-0.2, 0) is 14.3 Å². The number of carboxylic acid groups (broad SMARTS) is 1. The molecule has 1 saturated heterocycles. The van der Waals surface area contributed by atoms with Crippen molar-refractivity contribution in [1.82, 2.24) is 10.6 Å². The summed E-state index contributed by atoms with van der Waals surface area (Å²) in [7, 11) is 0. The molecule has 4 unspecified atom stereocenters. The molecule has 0 aromatic rings. The van der Waals surface area contributed by atoms with Gasteiger partial charge in [0.1, 0.15) is 6.04 Å².